The Bertz CT molecular complexity index is 1140. The Labute approximate surface area is 196 Å². The molecule has 0 aliphatic carbocycles. The Kier molecular flexibility index (Phi) is 7.09. The minimum atomic E-state index is -0.455. The summed E-state index contributed by atoms with van der Waals surface area (Å²) in [5.41, 5.74) is 0.865. The Morgan fingerprint density at radius 3 is 2.64 bits per heavy atom. The predicted molar refractivity (Wildman–Crippen MR) is 130 cm³/mol. The highest BCUT2D eigenvalue weighted by Crippen LogP contribution is 2.32. The Morgan fingerprint density at radius 1 is 1.09 bits per heavy atom. The van der Waals surface area contributed by atoms with Gasteiger partial charge in [-0.2, -0.15) is 15.1 Å². The number of amides is 1. The van der Waals surface area contributed by atoms with Gasteiger partial charge >= 0.3 is 0 Å². The first-order valence-corrected chi connectivity index (χ1v) is 11.4. The number of para-hydroxylation sites is 1. The molecule has 0 atom stereocenters. The lowest BCUT2D eigenvalue weighted by Crippen LogP contribution is -2.35. The summed E-state index contributed by atoms with van der Waals surface area (Å²) in [5.74, 6) is 1.42. The molecular weight excluding hydrogens is 440 g/mol. The van der Waals surface area contributed by atoms with Gasteiger partial charge in [0.1, 0.15) is 24.0 Å². The fourth-order valence-electron chi connectivity index (χ4n) is 3.23. The molecule has 0 unspecified atom stereocenters. The molecule has 0 bridgehead atoms. The van der Waals surface area contributed by atoms with Crippen molar-refractivity contribution in [2.75, 3.05) is 20.3 Å². The molecule has 1 N–H and O–H groups in total. The maximum atomic E-state index is 12.6. The summed E-state index contributed by atoms with van der Waals surface area (Å²) in [5, 5.41) is 15.6. The van der Waals surface area contributed by atoms with Crippen LogP contribution in [-0.2, 0) is 4.79 Å². The van der Waals surface area contributed by atoms with Crippen LogP contribution in [0.25, 0.3) is 6.08 Å². The molecule has 0 radical (unpaired) electrons. The Hall–Kier alpha value is -3.59. The van der Waals surface area contributed by atoms with Crippen molar-refractivity contribution in [2.45, 2.75) is 19.8 Å². The molecule has 9 heteroatoms. The number of nitrogens with zero attached hydrogens (tertiary/aromatic N) is 3. The first-order valence-electron chi connectivity index (χ1n) is 10.6. The van der Waals surface area contributed by atoms with Crippen LogP contribution in [0.3, 0.4) is 0 Å². The lowest BCUT2D eigenvalue weighted by Gasteiger charge is -2.20. The maximum Gasteiger partial charge on any atom is 0.283 e. The highest BCUT2D eigenvalue weighted by Gasteiger charge is 2.35. The second-order valence-electron chi connectivity index (χ2n) is 7.18. The summed E-state index contributed by atoms with van der Waals surface area (Å²) < 4.78 is 16.9. The molecule has 0 saturated heterocycles. The molecule has 170 valence electrons. The summed E-state index contributed by atoms with van der Waals surface area (Å²) in [6.45, 7) is 2.79. The van der Waals surface area contributed by atoms with E-state index in [-0.39, 0.29) is 11.4 Å². The van der Waals surface area contributed by atoms with Crippen molar-refractivity contribution < 1.29 is 19.0 Å². The second-order valence-corrected chi connectivity index (χ2v) is 8.22. The van der Waals surface area contributed by atoms with Crippen LogP contribution in [0.4, 0.5) is 0 Å². The van der Waals surface area contributed by atoms with Crippen LogP contribution in [0.2, 0.25) is 0 Å². The molecule has 2 aromatic rings. The van der Waals surface area contributed by atoms with Crippen LogP contribution < -0.4 is 14.2 Å². The number of thioether (sulfide) groups is 1. The molecule has 2 aliphatic rings. The number of carbonyl (C=O) groups excluding carboxylic acids is 1. The molecule has 8 nitrogen and oxygen atoms in total. The minimum Gasteiger partial charge on any atom is -0.493 e. The topological polar surface area (TPSA) is 96.6 Å². The third-order valence-electron chi connectivity index (χ3n) is 4.81. The van der Waals surface area contributed by atoms with Gasteiger partial charge in [0.25, 0.3) is 5.91 Å². The van der Waals surface area contributed by atoms with Crippen LogP contribution >= 0.6 is 11.8 Å². The molecule has 2 aromatic carbocycles. The zero-order chi connectivity index (χ0) is 23.2. The number of carbonyl (C=O) groups is 1. The number of nitrogens with one attached hydrogen (secondary N) is 1. The van der Waals surface area contributed by atoms with Gasteiger partial charge in [0.15, 0.2) is 17.3 Å². The highest BCUT2D eigenvalue weighted by atomic mass is 32.2. The average Bonchev–Trinajstić information content (AvgIpc) is 3.23. The lowest BCUT2D eigenvalue weighted by atomic mass is 10.1. The van der Waals surface area contributed by atoms with Gasteiger partial charge in [0.05, 0.1) is 12.7 Å². The van der Waals surface area contributed by atoms with E-state index in [0.29, 0.717) is 35.4 Å². The normalized spacial score (nSPS) is 16.4. The second kappa shape index (κ2) is 10.4. The number of hydrogen-bond acceptors (Lipinski definition) is 7. The molecule has 0 saturated carbocycles. The summed E-state index contributed by atoms with van der Waals surface area (Å²) in [4.78, 5) is 16.7. The van der Waals surface area contributed by atoms with Gasteiger partial charge in [-0.1, -0.05) is 31.2 Å². The molecule has 0 aromatic heterocycles. The summed E-state index contributed by atoms with van der Waals surface area (Å²) >= 11 is 1.34. The van der Waals surface area contributed by atoms with E-state index in [9.17, 15) is 4.79 Å². The standard InChI is InChI=1S/C24H24N4O4S/c1-3-7-21-27-28-22(25)18(23(29)26-24(28)33-21)14-16-10-11-19(20(15-16)30-2)32-13-12-31-17-8-5-4-6-9-17/h4-6,8-11,14-15,25H,3,7,12-13H2,1-2H3/b18-14-,25-22?. The van der Waals surface area contributed by atoms with Gasteiger partial charge in [-0.15, -0.1) is 0 Å². The molecule has 33 heavy (non-hydrogen) atoms. The van der Waals surface area contributed by atoms with Crippen molar-refractivity contribution >= 4 is 39.8 Å². The number of hydrazone groups is 1. The molecule has 2 aliphatic heterocycles. The largest absolute Gasteiger partial charge is 0.493 e. The van der Waals surface area contributed by atoms with Gasteiger partial charge in [-0.05, 0) is 60.5 Å². The number of aliphatic imine (C=N–C) groups is 1. The van der Waals surface area contributed by atoms with Crippen molar-refractivity contribution in [1.29, 1.82) is 5.41 Å². The number of ether oxygens (including phenoxy) is 3. The van der Waals surface area contributed by atoms with Crippen molar-refractivity contribution in [2.24, 2.45) is 10.1 Å². The summed E-state index contributed by atoms with van der Waals surface area (Å²) in [7, 11) is 1.55. The van der Waals surface area contributed by atoms with E-state index >= 15 is 0 Å². The van der Waals surface area contributed by atoms with Crippen molar-refractivity contribution in [3.8, 4) is 17.2 Å². The van der Waals surface area contributed by atoms with Crippen molar-refractivity contribution in [3.63, 3.8) is 0 Å². The third kappa shape index (κ3) is 5.25. The van der Waals surface area contributed by atoms with E-state index in [0.717, 1.165) is 23.6 Å². The Morgan fingerprint density at radius 2 is 1.88 bits per heavy atom. The Balaban J connectivity index is 1.45. The first-order chi connectivity index (χ1) is 16.1. The fraction of sp³-hybridized carbons (Fsp3) is 0.250. The highest BCUT2D eigenvalue weighted by molar-refractivity contribution is 8.26. The zero-order valence-electron chi connectivity index (χ0n) is 18.4. The summed E-state index contributed by atoms with van der Waals surface area (Å²) in [6.07, 6.45) is 3.34. The van der Waals surface area contributed by atoms with Crippen LogP contribution in [0.1, 0.15) is 25.3 Å². The number of amidine groups is 2. The van der Waals surface area contributed by atoms with Crippen LogP contribution in [-0.4, -0.2) is 47.3 Å². The quantitative estimate of drug-likeness (QED) is 0.431. The van der Waals surface area contributed by atoms with Crippen LogP contribution in [0, 0.1) is 5.41 Å². The average molecular weight is 465 g/mol. The molecule has 0 fully saturated rings. The maximum absolute atomic E-state index is 12.6. The first kappa shape index (κ1) is 22.6. The molecule has 0 spiro atoms. The molecular formula is C24H24N4O4S. The lowest BCUT2D eigenvalue weighted by molar-refractivity contribution is -0.114. The van der Waals surface area contributed by atoms with Gasteiger partial charge in [0, 0.05) is 0 Å². The molecule has 4 rings (SSSR count). The number of benzene rings is 2. The van der Waals surface area contributed by atoms with Crippen LogP contribution in [0.15, 0.2) is 64.2 Å². The molecule has 1 amide bonds. The number of fused-ring (bicyclic) bond motifs is 1. The monoisotopic (exact) mass is 464 g/mol. The molecule has 2 heterocycles. The van der Waals surface area contributed by atoms with E-state index < -0.39 is 5.91 Å². The van der Waals surface area contributed by atoms with E-state index in [1.807, 2.05) is 30.3 Å². The minimum absolute atomic E-state index is 0.0148. The van der Waals surface area contributed by atoms with Gasteiger partial charge in [-0.25, -0.2) is 0 Å². The number of methoxy groups -OCH3 is 1. The van der Waals surface area contributed by atoms with Gasteiger partial charge in [-0.3, -0.25) is 10.2 Å². The van der Waals surface area contributed by atoms with E-state index in [4.69, 9.17) is 19.6 Å². The third-order valence-corrected chi connectivity index (χ3v) is 5.78. The smallest absolute Gasteiger partial charge is 0.283 e. The van der Waals surface area contributed by atoms with Crippen LogP contribution in [0.5, 0.6) is 17.2 Å². The summed E-state index contributed by atoms with van der Waals surface area (Å²) in [6, 6.07) is 14.8. The van der Waals surface area contributed by atoms with Gasteiger partial charge in [0.2, 0.25) is 5.17 Å². The van der Waals surface area contributed by atoms with Crippen molar-refractivity contribution in [1.82, 2.24) is 5.01 Å². The van der Waals surface area contributed by atoms with Gasteiger partial charge < -0.3 is 14.2 Å². The van der Waals surface area contributed by atoms with E-state index in [1.54, 1.807) is 31.4 Å². The predicted octanol–water partition coefficient (Wildman–Crippen LogP) is 4.57. The zero-order valence-corrected chi connectivity index (χ0v) is 19.2. The van der Waals surface area contributed by atoms with Crippen molar-refractivity contribution in [3.05, 3.63) is 59.7 Å². The fourth-order valence-corrected chi connectivity index (χ4v) is 4.22. The van der Waals surface area contributed by atoms with E-state index in [1.165, 1.54) is 16.8 Å². The SMILES string of the molecule is CCCC1=NN2C(=N)/C(=C/c3ccc(OCCOc4ccccc4)c(OC)c3)C(=O)N=C2S1. The number of rotatable bonds is 9. The number of hydrogen-bond donors (Lipinski definition) is 1. The van der Waals surface area contributed by atoms with E-state index in [2.05, 4.69) is 17.0 Å².